The number of hydrogen-bond acceptors (Lipinski definition) is 2. The van der Waals surface area contributed by atoms with Gasteiger partial charge in [-0.15, -0.1) is 0 Å². The average molecular weight is 236 g/mol. The monoisotopic (exact) mass is 236 g/mol. The predicted octanol–water partition coefficient (Wildman–Crippen LogP) is 2.34. The Labute approximate surface area is 106 Å². The quantitative estimate of drug-likeness (QED) is 0.812. The molecule has 4 bridgehead atoms. The Kier molecular flexibility index (Phi) is 3.20. The van der Waals surface area contributed by atoms with Gasteiger partial charge in [0.25, 0.3) is 0 Å². The maximum Gasteiger partial charge on any atom is 0.0104 e. The molecule has 0 aliphatic heterocycles. The Morgan fingerprint density at radius 2 is 1.59 bits per heavy atom. The van der Waals surface area contributed by atoms with Crippen LogP contribution in [0.1, 0.15) is 39.0 Å². The smallest absolute Gasteiger partial charge is 0.0104 e. The Bertz CT molecular complexity index is 248. The van der Waals surface area contributed by atoms with Crippen molar-refractivity contribution in [2.24, 2.45) is 35.3 Å². The highest BCUT2D eigenvalue weighted by Gasteiger charge is 2.50. The van der Waals surface area contributed by atoms with Crippen molar-refractivity contribution in [1.29, 1.82) is 0 Å². The molecule has 0 saturated heterocycles. The average Bonchev–Trinajstić information content (AvgIpc) is 2.27. The van der Waals surface area contributed by atoms with E-state index in [1.165, 1.54) is 0 Å². The molecular weight excluding hydrogens is 208 g/mol. The van der Waals surface area contributed by atoms with Crippen LogP contribution in [0.4, 0.5) is 0 Å². The molecule has 4 saturated carbocycles. The topological polar surface area (TPSA) is 29.3 Å². The van der Waals surface area contributed by atoms with E-state index in [0.717, 1.165) is 48.7 Å². The molecule has 2 nitrogen and oxygen atoms in total. The molecule has 4 rings (SSSR count). The molecule has 0 aromatic heterocycles. The van der Waals surface area contributed by atoms with Crippen LogP contribution < -0.4 is 5.73 Å². The molecule has 0 aromatic carbocycles. The highest BCUT2D eigenvalue weighted by Crippen LogP contribution is 2.57. The van der Waals surface area contributed by atoms with Crippen LogP contribution in [-0.4, -0.2) is 31.1 Å². The van der Waals surface area contributed by atoms with Crippen LogP contribution in [0.5, 0.6) is 0 Å². The molecule has 98 valence electrons. The van der Waals surface area contributed by atoms with E-state index in [1.807, 2.05) is 0 Å². The second-order valence-corrected chi connectivity index (χ2v) is 7.02. The summed E-state index contributed by atoms with van der Waals surface area (Å²) < 4.78 is 0. The van der Waals surface area contributed by atoms with Crippen molar-refractivity contribution in [1.82, 2.24) is 4.90 Å². The summed E-state index contributed by atoms with van der Waals surface area (Å²) in [5.74, 6) is 5.25. The maximum absolute atomic E-state index is 5.70. The van der Waals surface area contributed by atoms with Gasteiger partial charge in [0.2, 0.25) is 0 Å². The van der Waals surface area contributed by atoms with Crippen LogP contribution in [0.3, 0.4) is 0 Å². The first-order valence-corrected chi connectivity index (χ1v) is 7.59. The van der Waals surface area contributed by atoms with Gasteiger partial charge in [0.15, 0.2) is 0 Å². The lowest BCUT2D eigenvalue weighted by molar-refractivity contribution is -0.0664. The minimum absolute atomic E-state index is 0.744. The van der Waals surface area contributed by atoms with Crippen molar-refractivity contribution in [3.8, 4) is 0 Å². The molecule has 0 amide bonds. The third kappa shape index (κ3) is 2.04. The van der Waals surface area contributed by atoms with Crippen molar-refractivity contribution in [2.75, 3.05) is 20.1 Å². The zero-order valence-electron chi connectivity index (χ0n) is 11.4. The summed E-state index contributed by atoms with van der Waals surface area (Å²) >= 11 is 0. The highest BCUT2D eigenvalue weighted by molar-refractivity contribution is 5.00. The SMILES string of the molecule is CC(C1C2CC3CC(C2)CC1C3)N(C)CCN. The molecule has 4 aliphatic rings. The Hall–Kier alpha value is -0.0800. The minimum atomic E-state index is 0.744. The number of likely N-dealkylation sites (N-methyl/N-ethyl adjacent to an activating group) is 1. The molecule has 0 heterocycles. The molecule has 17 heavy (non-hydrogen) atoms. The molecule has 0 radical (unpaired) electrons. The van der Waals surface area contributed by atoms with Crippen LogP contribution in [0.2, 0.25) is 0 Å². The summed E-state index contributed by atoms with van der Waals surface area (Å²) in [5.41, 5.74) is 5.70. The lowest BCUT2D eigenvalue weighted by atomic mass is 9.50. The third-order valence-electron chi connectivity index (χ3n) is 6.03. The van der Waals surface area contributed by atoms with Gasteiger partial charge < -0.3 is 10.6 Å². The molecule has 4 aliphatic carbocycles. The van der Waals surface area contributed by atoms with E-state index in [0.29, 0.717) is 0 Å². The Morgan fingerprint density at radius 1 is 1.06 bits per heavy atom. The number of nitrogens with zero attached hydrogens (tertiary/aromatic N) is 1. The van der Waals surface area contributed by atoms with Crippen LogP contribution in [0, 0.1) is 29.6 Å². The van der Waals surface area contributed by atoms with Gasteiger partial charge in [-0.1, -0.05) is 0 Å². The van der Waals surface area contributed by atoms with E-state index in [2.05, 4.69) is 18.9 Å². The van der Waals surface area contributed by atoms with E-state index in [-0.39, 0.29) is 0 Å². The van der Waals surface area contributed by atoms with Crippen molar-refractivity contribution < 1.29 is 0 Å². The summed E-state index contributed by atoms with van der Waals surface area (Å²) in [6, 6.07) is 0.744. The first kappa shape index (κ1) is 12.0. The molecule has 0 aromatic rings. The number of rotatable bonds is 4. The maximum atomic E-state index is 5.70. The van der Waals surface area contributed by atoms with Crippen molar-refractivity contribution in [2.45, 2.75) is 45.1 Å². The largest absolute Gasteiger partial charge is 0.329 e. The van der Waals surface area contributed by atoms with E-state index in [1.54, 1.807) is 32.1 Å². The van der Waals surface area contributed by atoms with Crippen LogP contribution in [0.25, 0.3) is 0 Å². The lowest BCUT2D eigenvalue weighted by Gasteiger charge is -2.57. The van der Waals surface area contributed by atoms with Crippen LogP contribution in [0.15, 0.2) is 0 Å². The number of nitrogens with two attached hydrogens (primary N) is 1. The highest BCUT2D eigenvalue weighted by atomic mass is 15.1. The summed E-state index contributed by atoms with van der Waals surface area (Å²) in [4.78, 5) is 2.51. The number of hydrogen-bond donors (Lipinski definition) is 1. The third-order valence-corrected chi connectivity index (χ3v) is 6.03. The molecule has 2 heteroatoms. The molecular formula is C15H28N2. The zero-order chi connectivity index (χ0) is 12.0. The first-order valence-electron chi connectivity index (χ1n) is 7.59. The molecule has 0 spiro atoms. The standard InChI is InChI=1S/C15H28N2/c1-10(17(2)4-3-16)15-13-6-11-5-12(8-13)9-14(15)7-11/h10-15H,3-9,16H2,1-2H3. The summed E-state index contributed by atoms with van der Waals surface area (Å²) in [6.07, 6.45) is 7.72. The summed E-state index contributed by atoms with van der Waals surface area (Å²) in [6.45, 7) is 4.31. The van der Waals surface area contributed by atoms with Gasteiger partial charge in [0.05, 0.1) is 0 Å². The summed E-state index contributed by atoms with van der Waals surface area (Å²) in [5, 5.41) is 0. The second-order valence-electron chi connectivity index (χ2n) is 7.02. The Morgan fingerprint density at radius 3 is 2.06 bits per heavy atom. The van der Waals surface area contributed by atoms with Gasteiger partial charge in [-0.25, -0.2) is 0 Å². The normalized spacial score (nSPS) is 45.5. The van der Waals surface area contributed by atoms with E-state index < -0.39 is 0 Å². The van der Waals surface area contributed by atoms with Crippen molar-refractivity contribution in [3.05, 3.63) is 0 Å². The van der Waals surface area contributed by atoms with Gasteiger partial charge in [0, 0.05) is 19.1 Å². The van der Waals surface area contributed by atoms with Crippen LogP contribution >= 0.6 is 0 Å². The van der Waals surface area contributed by atoms with Gasteiger partial charge in [-0.3, -0.25) is 0 Å². The molecule has 1 atom stereocenters. The van der Waals surface area contributed by atoms with E-state index in [4.69, 9.17) is 5.73 Å². The zero-order valence-corrected chi connectivity index (χ0v) is 11.4. The lowest BCUT2D eigenvalue weighted by Crippen LogP contribution is -2.52. The predicted molar refractivity (Wildman–Crippen MR) is 71.7 cm³/mol. The fourth-order valence-corrected chi connectivity index (χ4v) is 5.46. The minimum Gasteiger partial charge on any atom is -0.329 e. The van der Waals surface area contributed by atoms with E-state index >= 15 is 0 Å². The van der Waals surface area contributed by atoms with Gasteiger partial charge in [-0.2, -0.15) is 0 Å². The van der Waals surface area contributed by atoms with Crippen molar-refractivity contribution >= 4 is 0 Å². The fourth-order valence-electron chi connectivity index (χ4n) is 5.46. The van der Waals surface area contributed by atoms with E-state index in [9.17, 15) is 0 Å². The van der Waals surface area contributed by atoms with Gasteiger partial charge in [0.1, 0.15) is 0 Å². The van der Waals surface area contributed by atoms with Crippen LogP contribution in [-0.2, 0) is 0 Å². The molecule has 1 unspecified atom stereocenters. The Balaban J connectivity index is 1.71. The van der Waals surface area contributed by atoms with Crippen molar-refractivity contribution in [3.63, 3.8) is 0 Å². The van der Waals surface area contributed by atoms with Gasteiger partial charge in [-0.05, 0) is 75.7 Å². The second kappa shape index (κ2) is 4.55. The molecule has 4 fully saturated rings. The summed E-state index contributed by atoms with van der Waals surface area (Å²) in [7, 11) is 2.27. The first-order chi connectivity index (χ1) is 8.19. The fraction of sp³-hybridized carbons (Fsp3) is 1.00. The molecule has 2 N–H and O–H groups in total. The van der Waals surface area contributed by atoms with Gasteiger partial charge >= 0.3 is 0 Å².